The molecule has 1 unspecified atom stereocenters. The van der Waals surface area contributed by atoms with Gasteiger partial charge in [-0.25, -0.2) is 0 Å². The third-order valence-electron chi connectivity index (χ3n) is 4.58. The van der Waals surface area contributed by atoms with Gasteiger partial charge in [0.05, 0.1) is 0 Å². The maximum absolute atomic E-state index is 12.6. The van der Waals surface area contributed by atoms with E-state index in [1.807, 2.05) is 24.3 Å². The number of carbonyl (C=O) groups excluding carboxylic acids is 3. The van der Waals surface area contributed by atoms with Gasteiger partial charge in [-0.05, 0) is 42.8 Å². The fourth-order valence-electron chi connectivity index (χ4n) is 3.14. The van der Waals surface area contributed by atoms with E-state index in [2.05, 4.69) is 26.8 Å². The van der Waals surface area contributed by atoms with Crippen molar-refractivity contribution in [2.75, 3.05) is 18.2 Å². The second-order valence-electron chi connectivity index (χ2n) is 6.32. The first kappa shape index (κ1) is 18.3. The van der Waals surface area contributed by atoms with Crippen LogP contribution in [0.2, 0.25) is 0 Å². The molecule has 2 heterocycles. The Hall–Kier alpha value is -3.07. The number of amides is 3. The predicted molar refractivity (Wildman–Crippen MR) is 103 cm³/mol. The summed E-state index contributed by atoms with van der Waals surface area (Å²) >= 11 is 3.37. The number of nitrogens with one attached hydrogen (secondary N) is 2. The quantitative estimate of drug-likeness (QED) is 0.556. The molecule has 144 valence electrons. The number of hydrogen-bond acceptors (Lipinski definition) is 5. The molecule has 0 radical (unpaired) electrons. The number of benzene rings is 2. The van der Waals surface area contributed by atoms with Crippen LogP contribution in [-0.2, 0) is 9.59 Å². The monoisotopic (exact) mass is 445 g/mol. The summed E-state index contributed by atoms with van der Waals surface area (Å²) in [5, 5.41) is 0. The third-order valence-corrected chi connectivity index (χ3v) is 5.07. The maximum Gasteiger partial charge on any atom is 0.269 e. The van der Waals surface area contributed by atoms with E-state index in [1.54, 1.807) is 17.0 Å². The Balaban J connectivity index is 1.36. The van der Waals surface area contributed by atoms with Crippen LogP contribution in [0.1, 0.15) is 16.8 Å². The molecule has 0 aromatic heterocycles. The number of halogens is 1. The second-order valence-corrected chi connectivity index (χ2v) is 7.24. The van der Waals surface area contributed by atoms with E-state index in [-0.39, 0.29) is 12.7 Å². The van der Waals surface area contributed by atoms with Crippen molar-refractivity contribution in [3.05, 3.63) is 52.5 Å². The number of hydrazine groups is 1. The number of hydrogen-bond donors (Lipinski definition) is 2. The molecule has 9 heteroatoms. The van der Waals surface area contributed by atoms with Crippen LogP contribution >= 0.6 is 15.9 Å². The number of rotatable bonds is 3. The van der Waals surface area contributed by atoms with Gasteiger partial charge < -0.3 is 14.4 Å². The Morgan fingerprint density at radius 3 is 2.71 bits per heavy atom. The van der Waals surface area contributed by atoms with Gasteiger partial charge in [0.1, 0.15) is 5.92 Å². The molecule has 0 saturated carbocycles. The van der Waals surface area contributed by atoms with E-state index in [4.69, 9.17) is 9.47 Å². The molecule has 28 heavy (non-hydrogen) atoms. The minimum Gasteiger partial charge on any atom is -0.454 e. The van der Waals surface area contributed by atoms with Crippen molar-refractivity contribution in [3.8, 4) is 11.5 Å². The van der Waals surface area contributed by atoms with Crippen LogP contribution in [0.25, 0.3) is 0 Å². The highest BCUT2D eigenvalue weighted by atomic mass is 79.9. The summed E-state index contributed by atoms with van der Waals surface area (Å²) in [7, 11) is 0. The normalized spacial score (nSPS) is 17.5. The van der Waals surface area contributed by atoms with E-state index >= 15 is 0 Å². The fourth-order valence-corrected chi connectivity index (χ4v) is 3.53. The van der Waals surface area contributed by atoms with E-state index in [1.165, 1.54) is 6.07 Å². The zero-order valence-corrected chi connectivity index (χ0v) is 16.2. The minimum absolute atomic E-state index is 0.107. The van der Waals surface area contributed by atoms with Crippen molar-refractivity contribution in [1.82, 2.24) is 10.9 Å². The molecular formula is C19H16BrN3O5. The van der Waals surface area contributed by atoms with Gasteiger partial charge in [0.15, 0.2) is 11.5 Å². The smallest absolute Gasteiger partial charge is 0.269 e. The number of carbonyl (C=O) groups is 3. The molecule has 2 aromatic carbocycles. The number of fused-ring (bicyclic) bond motifs is 1. The first-order valence-corrected chi connectivity index (χ1v) is 9.39. The summed E-state index contributed by atoms with van der Waals surface area (Å²) in [5.41, 5.74) is 5.70. The van der Waals surface area contributed by atoms with Gasteiger partial charge in [-0.1, -0.05) is 22.0 Å². The van der Waals surface area contributed by atoms with Crippen molar-refractivity contribution in [2.45, 2.75) is 6.42 Å². The third kappa shape index (κ3) is 3.53. The van der Waals surface area contributed by atoms with Crippen molar-refractivity contribution in [1.29, 1.82) is 0 Å². The van der Waals surface area contributed by atoms with Gasteiger partial charge in [0, 0.05) is 22.3 Å². The summed E-state index contributed by atoms with van der Waals surface area (Å²) in [4.78, 5) is 38.8. The van der Waals surface area contributed by atoms with Crippen molar-refractivity contribution in [2.24, 2.45) is 5.92 Å². The number of ether oxygens (including phenoxy) is 2. The lowest BCUT2D eigenvalue weighted by Crippen LogP contribution is -2.46. The molecule has 4 rings (SSSR count). The molecular weight excluding hydrogens is 430 g/mol. The molecule has 2 aliphatic heterocycles. The van der Waals surface area contributed by atoms with Crippen LogP contribution in [0.5, 0.6) is 11.5 Å². The SMILES string of the molecule is O=C(NNC(=O)C1CCN(c2cccc(Br)c2)C1=O)c1ccc2c(c1)OCO2. The zero-order valence-electron chi connectivity index (χ0n) is 14.6. The summed E-state index contributed by atoms with van der Waals surface area (Å²) in [6.07, 6.45) is 0.372. The van der Waals surface area contributed by atoms with Gasteiger partial charge in [-0.15, -0.1) is 0 Å². The first-order valence-electron chi connectivity index (χ1n) is 8.60. The van der Waals surface area contributed by atoms with Crippen molar-refractivity contribution in [3.63, 3.8) is 0 Å². The standard InChI is InChI=1S/C19H16BrN3O5/c20-12-2-1-3-13(9-12)23-7-6-14(19(23)26)18(25)22-21-17(24)11-4-5-15-16(8-11)28-10-27-15/h1-5,8-9,14H,6-7,10H2,(H,21,24)(H,22,25). The molecule has 0 bridgehead atoms. The molecule has 2 aliphatic rings. The van der Waals surface area contributed by atoms with Crippen molar-refractivity contribution >= 4 is 39.3 Å². The van der Waals surface area contributed by atoms with Gasteiger partial charge in [0.25, 0.3) is 11.8 Å². The second kappa shape index (κ2) is 7.51. The Bertz CT molecular complexity index is 964. The molecule has 1 saturated heterocycles. The highest BCUT2D eigenvalue weighted by Crippen LogP contribution is 2.32. The van der Waals surface area contributed by atoms with Crippen LogP contribution in [0.15, 0.2) is 46.9 Å². The van der Waals surface area contributed by atoms with Crippen molar-refractivity contribution < 1.29 is 23.9 Å². The average Bonchev–Trinajstić information content (AvgIpc) is 3.31. The Labute approximate surface area is 168 Å². The predicted octanol–water partition coefficient (Wildman–Crippen LogP) is 1.99. The summed E-state index contributed by atoms with van der Waals surface area (Å²) in [6, 6.07) is 12.0. The van der Waals surface area contributed by atoms with E-state index in [0.29, 0.717) is 30.0 Å². The van der Waals surface area contributed by atoms with Gasteiger partial charge in [-0.2, -0.15) is 0 Å². The average molecular weight is 446 g/mol. The highest BCUT2D eigenvalue weighted by Gasteiger charge is 2.37. The first-order chi connectivity index (χ1) is 13.5. The molecule has 2 N–H and O–H groups in total. The van der Waals surface area contributed by atoms with Crippen LogP contribution in [-0.4, -0.2) is 31.1 Å². The lowest BCUT2D eigenvalue weighted by Gasteiger charge is -2.17. The molecule has 2 aromatic rings. The molecule has 0 spiro atoms. The summed E-state index contributed by atoms with van der Waals surface area (Å²) in [6.45, 7) is 0.541. The maximum atomic E-state index is 12.6. The fraction of sp³-hybridized carbons (Fsp3) is 0.211. The molecule has 3 amide bonds. The van der Waals surface area contributed by atoms with E-state index < -0.39 is 17.7 Å². The molecule has 1 fully saturated rings. The summed E-state index contributed by atoms with van der Waals surface area (Å²) in [5.74, 6) is -1.18. The minimum atomic E-state index is -0.851. The Morgan fingerprint density at radius 2 is 1.89 bits per heavy atom. The zero-order chi connectivity index (χ0) is 19.7. The van der Waals surface area contributed by atoms with Crippen LogP contribution in [0.3, 0.4) is 0 Å². The lowest BCUT2D eigenvalue weighted by molar-refractivity contribution is -0.132. The number of anilines is 1. The van der Waals surface area contributed by atoms with E-state index in [0.717, 1.165) is 10.2 Å². The van der Waals surface area contributed by atoms with Gasteiger partial charge >= 0.3 is 0 Å². The van der Waals surface area contributed by atoms with Crippen LogP contribution < -0.4 is 25.2 Å². The van der Waals surface area contributed by atoms with Crippen LogP contribution in [0.4, 0.5) is 5.69 Å². The largest absolute Gasteiger partial charge is 0.454 e. The lowest BCUT2D eigenvalue weighted by atomic mass is 10.1. The Morgan fingerprint density at radius 1 is 1.07 bits per heavy atom. The Kier molecular flexibility index (Phi) is 4.91. The topological polar surface area (TPSA) is 97.0 Å². The molecule has 8 nitrogen and oxygen atoms in total. The van der Waals surface area contributed by atoms with Gasteiger partial charge in [-0.3, -0.25) is 25.2 Å². The van der Waals surface area contributed by atoms with Crippen LogP contribution in [0, 0.1) is 5.92 Å². The molecule has 1 atom stereocenters. The summed E-state index contributed by atoms with van der Waals surface area (Å²) < 4.78 is 11.3. The highest BCUT2D eigenvalue weighted by molar-refractivity contribution is 9.10. The number of nitrogens with zero attached hydrogens (tertiary/aromatic N) is 1. The van der Waals surface area contributed by atoms with E-state index in [9.17, 15) is 14.4 Å². The van der Waals surface area contributed by atoms with Gasteiger partial charge in [0.2, 0.25) is 12.7 Å². The molecule has 0 aliphatic carbocycles.